The van der Waals surface area contributed by atoms with Gasteiger partial charge in [-0.1, -0.05) is 17.7 Å². The number of pyridine rings is 1. The molecule has 4 heterocycles. The summed E-state index contributed by atoms with van der Waals surface area (Å²) in [6.07, 6.45) is 2.87. The molecule has 0 aliphatic heterocycles. The molecule has 0 saturated carbocycles. The Labute approximate surface area is 182 Å². The van der Waals surface area contributed by atoms with Crippen molar-refractivity contribution in [2.45, 2.75) is 11.8 Å². The van der Waals surface area contributed by atoms with E-state index >= 15 is 0 Å². The number of aryl methyl sites for hydroxylation is 1. The normalized spacial score (nSPS) is 11.8. The van der Waals surface area contributed by atoms with Crippen molar-refractivity contribution in [1.29, 1.82) is 0 Å². The molecular formula is C19H13Cl2N5O3S. The van der Waals surface area contributed by atoms with Gasteiger partial charge in [0.2, 0.25) is 5.28 Å². The Morgan fingerprint density at radius 2 is 1.77 bits per heavy atom. The Kier molecular flexibility index (Phi) is 4.76. The fourth-order valence-electron chi connectivity index (χ4n) is 3.22. The van der Waals surface area contributed by atoms with Crippen molar-refractivity contribution in [2.75, 3.05) is 0 Å². The van der Waals surface area contributed by atoms with Crippen LogP contribution in [0.3, 0.4) is 0 Å². The molecule has 0 unspecified atom stereocenters. The van der Waals surface area contributed by atoms with Crippen LogP contribution < -0.4 is 18.0 Å². The van der Waals surface area contributed by atoms with Crippen LogP contribution in [0.15, 0.2) is 64.5 Å². The Morgan fingerprint density at radius 3 is 2.50 bits per heavy atom. The van der Waals surface area contributed by atoms with Crippen molar-refractivity contribution in [2.24, 2.45) is 0 Å². The molecule has 0 atom stereocenters. The van der Waals surface area contributed by atoms with Gasteiger partial charge in [-0.2, -0.15) is 4.98 Å². The Bertz CT molecular complexity index is 1620. The molecule has 8 nitrogen and oxygen atoms in total. The first-order valence-corrected chi connectivity index (χ1v) is 10.4. The van der Waals surface area contributed by atoms with Gasteiger partial charge in [-0.25, -0.2) is 26.8 Å². The molecule has 0 radical (unpaired) electrons. The van der Waals surface area contributed by atoms with Crippen molar-refractivity contribution in [1.82, 2.24) is 23.3 Å². The molecule has 4 aromatic heterocycles. The Balaban J connectivity index is 0.00000136. The average Bonchev–Trinajstić information content (AvgIpc) is 3.13. The molecule has 0 aliphatic carbocycles. The van der Waals surface area contributed by atoms with E-state index < -0.39 is 15.6 Å². The van der Waals surface area contributed by atoms with Crippen LogP contribution in [0.25, 0.3) is 27.7 Å². The number of rotatable bonds is 2. The molecule has 0 N–H and O–H groups in total. The third-order valence-corrected chi connectivity index (χ3v) is 6.59. The highest BCUT2D eigenvalue weighted by Gasteiger charge is 2.23. The van der Waals surface area contributed by atoms with Crippen LogP contribution in [0.4, 0.5) is 0 Å². The number of benzene rings is 1. The lowest BCUT2D eigenvalue weighted by molar-refractivity contribution is -0.00000847. The smallest absolute Gasteiger partial charge is 1.00 e. The fraction of sp³-hybridized carbons (Fsp3) is 0.0526. The van der Waals surface area contributed by atoms with Gasteiger partial charge < -0.3 is 12.4 Å². The topological polar surface area (TPSA) is 99.2 Å². The molecule has 30 heavy (non-hydrogen) atoms. The maximum absolute atomic E-state index is 13.1. The van der Waals surface area contributed by atoms with Crippen molar-refractivity contribution in [3.05, 3.63) is 76.1 Å². The molecule has 0 bridgehead atoms. The van der Waals surface area contributed by atoms with Crippen molar-refractivity contribution < 1.29 is 22.3 Å². The summed E-state index contributed by atoms with van der Waals surface area (Å²) < 4.78 is 28.4. The largest absolute Gasteiger partial charge is 1.00 e. The summed E-state index contributed by atoms with van der Waals surface area (Å²) in [4.78, 5) is 25.7. The van der Waals surface area contributed by atoms with Crippen LogP contribution in [0.2, 0.25) is 5.28 Å². The molecule has 152 valence electrons. The van der Waals surface area contributed by atoms with Crippen LogP contribution in [0, 0.1) is 6.92 Å². The lowest BCUT2D eigenvalue weighted by Gasteiger charge is -2.09. The van der Waals surface area contributed by atoms with E-state index in [2.05, 4.69) is 15.0 Å². The molecule has 0 fully saturated rings. The maximum atomic E-state index is 13.1. The minimum Gasteiger partial charge on any atom is -1.00 e. The molecule has 0 saturated heterocycles. The van der Waals surface area contributed by atoms with Gasteiger partial charge in [-0.15, -0.1) is 0 Å². The molecule has 5 aromatic rings. The highest BCUT2D eigenvalue weighted by Crippen LogP contribution is 2.25. The second kappa shape index (κ2) is 7.05. The zero-order chi connectivity index (χ0) is 20.3. The standard InChI is InChI=1S/C19H12ClN5O3S.ClH/c1-11-4-6-12(7-5-11)29(27,28)24-10-8-13-16(24)23-19(20)25-17(13)22-14-3-2-9-21-15(14)18(25)26;/h2-10H,1H3;1H. The zero-order valence-corrected chi connectivity index (χ0v) is 17.6. The molecule has 0 amide bonds. The summed E-state index contributed by atoms with van der Waals surface area (Å²) in [6.45, 7) is 1.87. The average molecular weight is 462 g/mol. The summed E-state index contributed by atoms with van der Waals surface area (Å²) in [5.41, 5.74) is 1.31. The fourth-order valence-corrected chi connectivity index (χ4v) is 4.75. The van der Waals surface area contributed by atoms with E-state index in [-0.39, 0.29) is 40.8 Å². The molecule has 5 rings (SSSR count). The van der Waals surface area contributed by atoms with E-state index in [1.54, 1.807) is 30.3 Å². The van der Waals surface area contributed by atoms with Gasteiger partial charge in [-0.05, 0) is 48.9 Å². The molecule has 0 spiro atoms. The van der Waals surface area contributed by atoms with E-state index in [1.807, 2.05) is 6.92 Å². The second-order valence-corrected chi connectivity index (χ2v) is 8.65. The van der Waals surface area contributed by atoms with Crippen LogP contribution >= 0.6 is 11.6 Å². The first-order chi connectivity index (χ1) is 13.9. The number of hydrogen-bond acceptors (Lipinski definition) is 6. The summed E-state index contributed by atoms with van der Waals surface area (Å²) in [5.74, 6) is 0. The quantitative estimate of drug-likeness (QED) is 0.269. The van der Waals surface area contributed by atoms with Crippen molar-refractivity contribution >= 4 is 49.3 Å². The lowest BCUT2D eigenvalue weighted by atomic mass is 10.2. The van der Waals surface area contributed by atoms with Gasteiger partial charge >= 0.3 is 1.43 Å². The third kappa shape index (κ3) is 2.85. The van der Waals surface area contributed by atoms with Crippen LogP contribution in [-0.2, 0) is 10.0 Å². The van der Waals surface area contributed by atoms with Crippen molar-refractivity contribution in [3.63, 3.8) is 0 Å². The lowest BCUT2D eigenvalue weighted by Crippen LogP contribution is -3.00. The van der Waals surface area contributed by atoms with E-state index in [0.717, 1.165) is 13.9 Å². The van der Waals surface area contributed by atoms with Gasteiger partial charge in [0.1, 0.15) is 0 Å². The number of aromatic nitrogens is 5. The predicted molar refractivity (Wildman–Crippen MR) is 110 cm³/mol. The number of halogens is 2. The Morgan fingerprint density at radius 1 is 1.03 bits per heavy atom. The molecular weight excluding hydrogens is 449 g/mol. The zero-order valence-electron chi connectivity index (χ0n) is 16.3. The second-order valence-electron chi connectivity index (χ2n) is 6.49. The highest BCUT2D eigenvalue weighted by molar-refractivity contribution is 7.90. The molecule has 0 aliphatic rings. The van der Waals surface area contributed by atoms with Crippen LogP contribution in [0.5, 0.6) is 0 Å². The number of hydrogen-bond donors (Lipinski definition) is 0. The first-order valence-electron chi connectivity index (χ1n) is 8.54. The predicted octanol–water partition coefficient (Wildman–Crippen LogP) is -0.0923. The summed E-state index contributed by atoms with van der Waals surface area (Å²) in [7, 11) is -3.91. The number of fused-ring (bicyclic) bond motifs is 4. The monoisotopic (exact) mass is 461 g/mol. The molecule has 1 aromatic carbocycles. The summed E-state index contributed by atoms with van der Waals surface area (Å²) in [6, 6.07) is 11.4. The van der Waals surface area contributed by atoms with E-state index in [1.165, 1.54) is 24.5 Å². The van der Waals surface area contributed by atoms with E-state index in [0.29, 0.717) is 10.9 Å². The SMILES string of the molecule is Cc1ccc(S(=O)(=O)n2ccc3c2nc(Cl)n2c(=O)c4ncccc4nc32)cc1.[Cl-].[H+]. The van der Waals surface area contributed by atoms with Gasteiger partial charge in [-0.3, -0.25) is 4.79 Å². The van der Waals surface area contributed by atoms with Crippen LogP contribution in [-0.4, -0.2) is 31.7 Å². The molecule has 11 heteroatoms. The van der Waals surface area contributed by atoms with Gasteiger partial charge in [0.05, 0.1) is 15.8 Å². The number of nitrogens with zero attached hydrogens (tertiary/aromatic N) is 5. The van der Waals surface area contributed by atoms with E-state index in [9.17, 15) is 13.2 Å². The summed E-state index contributed by atoms with van der Waals surface area (Å²) in [5, 5.41) is 0.185. The van der Waals surface area contributed by atoms with E-state index in [4.69, 9.17) is 11.6 Å². The van der Waals surface area contributed by atoms with Gasteiger partial charge in [0.15, 0.2) is 16.8 Å². The van der Waals surface area contributed by atoms with Crippen molar-refractivity contribution in [3.8, 4) is 0 Å². The first kappa shape index (κ1) is 20.3. The Hall–Kier alpha value is -3.01. The van der Waals surface area contributed by atoms with Gasteiger partial charge in [0.25, 0.3) is 15.6 Å². The minimum absolute atomic E-state index is 0. The minimum atomic E-state index is -3.91. The van der Waals surface area contributed by atoms with Gasteiger partial charge in [0, 0.05) is 12.4 Å². The van der Waals surface area contributed by atoms with Crippen LogP contribution in [0.1, 0.15) is 6.99 Å². The highest BCUT2D eigenvalue weighted by atomic mass is 35.5. The third-order valence-electron chi connectivity index (χ3n) is 4.66. The maximum Gasteiger partial charge on any atom is 1.00 e. The summed E-state index contributed by atoms with van der Waals surface area (Å²) >= 11 is 6.26.